The Bertz CT molecular complexity index is 1000. The van der Waals surface area contributed by atoms with Crippen LogP contribution < -0.4 is 4.90 Å². The molecule has 1 saturated heterocycles. The highest BCUT2D eigenvalue weighted by Gasteiger charge is 2.24. The maximum atomic E-state index is 12.4. The maximum Gasteiger partial charge on any atom is 0.295 e. The number of amides is 1. The summed E-state index contributed by atoms with van der Waals surface area (Å²) in [6.07, 6.45) is 1.40. The summed E-state index contributed by atoms with van der Waals surface area (Å²) in [5.41, 5.74) is 0.997. The van der Waals surface area contributed by atoms with E-state index in [1.807, 2.05) is 23.1 Å². The van der Waals surface area contributed by atoms with Crippen LogP contribution >= 0.6 is 0 Å². The second-order valence-corrected chi connectivity index (χ2v) is 6.54. The molecule has 4 rings (SSSR count). The van der Waals surface area contributed by atoms with Gasteiger partial charge in [-0.05, 0) is 16.5 Å². The van der Waals surface area contributed by atoms with Crippen LogP contribution in [0.2, 0.25) is 0 Å². The molecule has 11 nitrogen and oxygen atoms in total. The molecule has 1 aliphatic heterocycles. The molecule has 3 heterocycles. The largest absolute Gasteiger partial charge is 0.353 e. The van der Waals surface area contributed by atoms with E-state index in [0.29, 0.717) is 43.3 Å². The van der Waals surface area contributed by atoms with Crippen LogP contribution in [0.4, 0.5) is 11.5 Å². The molecule has 148 valence electrons. The van der Waals surface area contributed by atoms with Crippen molar-refractivity contribution in [3.63, 3.8) is 0 Å². The zero-order chi connectivity index (χ0) is 20.2. The summed E-state index contributed by atoms with van der Waals surface area (Å²) in [5.74, 6) is 0.598. The van der Waals surface area contributed by atoms with Crippen LogP contribution in [-0.4, -0.2) is 67.1 Å². The highest BCUT2D eigenvalue weighted by Crippen LogP contribution is 2.30. The molecule has 1 amide bonds. The molecule has 11 heteroatoms. The Kier molecular flexibility index (Phi) is 5.10. The average Bonchev–Trinajstić information content (AvgIpc) is 3.27. The van der Waals surface area contributed by atoms with Crippen molar-refractivity contribution in [2.24, 2.45) is 0 Å². The molecule has 0 spiro atoms. The van der Waals surface area contributed by atoms with E-state index < -0.39 is 4.92 Å². The SMILES string of the molecule is O=C(Cn1cnnn1)N1CCN(c2ccc([N+](=O)[O-])c(-c3ccccc3)n2)CC1. The Labute approximate surface area is 165 Å². The minimum atomic E-state index is -0.422. The number of anilines is 1. The number of hydrogen-bond acceptors (Lipinski definition) is 8. The van der Waals surface area contributed by atoms with Crippen molar-refractivity contribution in [3.05, 3.63) is 58.9 Å². The smallest absolute Gasteiger partial charge is 0.295 e. The summed E-state index contributed by atoms with van der Waals surface area (Å²) in [6.45, 7) is 2.32. The Hall–Kier alpha value is -3.89. The van der Waals surface area contributed by atoms with E-state index in [2.05, 4.69) is 20.5 Å². The van der Waals surface area contributed by atoms with Crippen molar-refractivity contribution >= 4 is 17.4 Å². The first kappa shape index (κ1) is 18.5. The van der Waals surface area contributed by atoms with Crippen LogP contribution in [0.25, 0.3) is 11.3 Å². The number of rotatable bonds is 5. The molecule has 0 bridgehead atoms. The lowest BCUT2D eigenvalue weighted by molar-refractivity contribution is -0.384. The zero-order valence-electron chi connectivity index (χ0n) is 15.5. The topological polar surface area (TPSA) is 123 Å². The van der Waals surface area contributed by atoms with E-state index in [0.717, 1.165) is 0 Å². The minimum absolute atomic E-state index is 0.0322. The van der Waals surface area contributed by atoms with Crippen LogP contribution in [0, 0.1) is 10.1 Å². The number of benzene rings is 1. The van der Waals surface area contributed by atoms with Gasteiger partial charge in [0.1, 0.15) is 18.7 Å². The molecule has 29 heavy (non-hydrogen) atoms. The minimum Gasteiger partial charge on any atom is -0.353 e. The molecule has 0 radical (unpaired) electrons. The second-order valence-electron chi connectivity index (χ2n) is 6.54. The summed E-state index contributed by atoms with van der Waals surface area (Å²) >= 11 is 0. The Morgan fingerprint density at radius 2 is 1.83 bits per heavy atom. The van der Waals surface area contributed by atoms with Gasteiger partial charge in [-0.1, -0.05) is 30.3 Å². The van der Waals surface area contributed by atoms with Gasteiger partial charge in [-0.3, -0.25) is 14.9 Å². The molecule has 3 aromatic rings. The van der Waals surface area contributed by atoms with Crippen LogP contribution in [0.15, 0.2) is 48.8 Å². The van der Waals surface area contributed by atoms with E-state index in [1.54, 1.807) is 23.1 Å². The van der Waals surface area contributed by atoms with Gasteiger partial charge in [0, 0.05) is 37.8 Å². The van der Waals surface area contributed by atoms with E-state index in [9.17, 15) is 14.9 Å². The predicted molar refractivity (Wildman–Crippen MR) is 103 cm³/mol. The quantitative estimate of drug-likeness (QED) is 0.464. The molecule has 1 aromatic carbocycles. The summed E-state index contributed by atoms with van der Waals surface area (Å²) < 4.78 is 1.39. The fraction of sp³-hybridized carbons (Fsp3) is 0.278. The number of aromatic nitrogens is 5. The van der Waals surface area contributed by atoms with Gasteiger partial charge in [0.2, 0.25) is 5.91 Å². The second kappa shape index (κ2) is 8.00. The maximum absolute atomic E-state index is 12.4. The van der Waals surface area contributed by atoms with E-state index in [-0.39, 0.29) is 18.1 Å². The average molecular weight is 394 g/mol. The third-order valence-electron chi connectivity index (χ3n) is 4.75. The van der Waals surface area contributed by atoms with Crippen LogP contribution in [0.1, 0.15) is 0 Å². The third kappa shape index (κ3) is 4.03. The van der Waals surface area contributed by atoms with Crippen molar-refractivity contribution in [2.45, 2.75) is 6.54 Å². The summed E-state index contributed by atoms with van der Waals surface area (Å²) in [6, 6.07) is 12.2. The molecule has 0 N–H and O–H groups in total. The monoisotopic (exact) mass is 394 g/mol. The fourth-order valence-corrected chi connectivity index (χ4v) is 3.25. The van der Waals surface area contributed by atoms with Crippen molar-refractivity contribution in [1.82, 2.24) is 30.1 Å². The first-order valence-electron chi connectivity index (χ1n) is 9.06. The van der Waals surface area contributed by atoms with Gasteiger partial charge < -0.3 is 9.80 Å². The molecule has 0 atom stereocenters. The number of hydrogen-bond donors (Lipinski definition) is 0. The van der Waals surface area contributed by atoms with Crippen LogP contribution in [0.5, 0.6) is 0 Å². The molecular formula is C18H18N8O3. The van der Waals surface area contributed by atoms with E-state index in [4.69, 9.17) is 0 Å². The van der Waals surface area contributed by atoms with Crippen molar-refractivity contribution < 1.29 is 9.72 Å². The number of pyridine rings is 1. The summed E-state index contributed by atoms with van der Waals surface area (Å²) in [5, 5.41) is 22.2. The first-order chi connectivity index (χ1) is 14.1. The fourth-order valence-electron chi connectivity index (χ4n) is 3.25. The van der Waals surface area contributed by atoms with Gasteiger partial charge >= 0.3 is 0 Å². The lowest BCUT2D eigenvalue weighted by Gasteiger charge is -2.35. The number of carbonyl (C=O) groups is 1. The molecule has 1 fully saturated rings. The Morgan fingerprint density at radius 3 is 2.48 bits per heavy atom. The lowest BCUT2D eigenvalue weighted by atomic mass is 10.1. The Balaban J connectivity index is 1.48. The zero-order valence-corrected chi connectivity index (χ0v) is 15.5. The normalized spacial score (nSPS) is 14.1. The predicted octanol–water partition coefficient (Wildman–Crippen LogP) is 0.992. The number of piperazine rings is 1. The van der Waals surface area contributed by atoms with Crippen molar-refractivity contribution in [2.75, 3.05) is 31.1 Å². The summed E-state index contributed by atoms with van der Waals surface area (Å²) in [7, 11) is 0. The first-order valence-corrected chi connectivity index (χ1v) is 9.06. The number of nitrogens with zero attached hydrogens (tertiary/aromatic N) is 8. The Morgan fingerprint density at radius 1 is 1.07 bits per heavy atom. The number of tetrazole rings is 1. The molecule has 0 aliphatic carbocycles. The number of nitro groups is 1. The highest BCUT2D eigenvalue weighted by molar-refractivity contribution is 5.76. The third-order valence-corrected chi connectivity index (χ3v) is 4.75. The van der Waals surface area contributed by atoms with Gasteiger partial charge in [0.05, 0.1) is 4.92 Å². The molecule has 0 saturated carbocycles. The van der Waals surface area contributed by atoms with E-state index in [1.165, 1.54) is 17.1 Å². The molecule has 0 unspecified atom stereocenters. The van der Waals surface area contributed by atoms with Crippen molar-refractivity contribution in [1.29, 1.82) is 0 Å². The van der Waals surface area contributed by atoms with Crippen molar-refractivity contribution in [3.8, 4) is 11.3 Å². The summed E-state index contributed by atoms with van der Waals surface area (Å²) in [4.78, 5) is 31.7. The number of carbonyl (C=O) groups excluding carboxylic acids is 1. The van der Waals surface area contributed by atoms with Gasteiger partial charge in [-0.25, -0.2) is 9.67 Å². The standard InChI is InChI=1S/C18H18N8O3/c27-17(12-25-13-19-21-22-25)24-10-8-23(9-11-24)16-7-6-15(26(28)29)18(20-16)14-4-2-1-3-5-14/h1-7,13H,8-12H2. The molecule has 1 aliphatic rings. The molecule has 2 aromatic heterocycles. The van der Waals surface area contributed by atoms with Crippen LogP contribution in [0.3, 0.4) is 0 Å². The van der Waals surface area contributed by atoms with Gasteiger partial charge in [0.15, 0.2) is 5.69 Å². The van der Waals surface area contributed by atoms with Crippen LogP contribution in [-0.2, 0) is 11.3 Å². The van der Waals surface area contributed by atoms with E-state index >= 15 is 0 Å². The van der Waals surface area contributed by atoms with Gasteiger partial charge in [-0.15, -0.1) is 5.10 Å². The highest BCUT2D eigenvalue weighted by atomic mass is 16.6. The molecular weight excluding hydrogens is 376 g/mol. The lowest BCUT2D eigenvalue weighted by Crippen LogP contribution is -2.49. The van der Waals surface area contributed by atoms with Gasteiger partial charge in [-0.2, -0.15) is 0 Å². The van der Waals surface area contributed by atoms with Gasteiger partial charge in [0.25, 0.3) is 5.69 Å².